The third-order valence-corrected chi connectivity index (χ3v) is 7.68. The summed E-state index contributed by atoms with van der Waals surface area (Å²) >= 11 is 6.40. The number of nitrogens with zero attached hydrogens (tertiary/aromatic N) is 6. The molecule has 1 aliphatic heterocycles. The average molecular weight is 526 g/mol. The molecule has 0 spiro atoms. The molecule has 3 aromatic heterocycles. The zero-order valence-corrected chi connectivity index (χ0v) is 21.7. The number of aromatic nitrogens is 5. The Kier molecular flexibility index (Phi) is 6.06. The Morgan fingerprint density at radius 3 is 2.68 bits per heavy atom. The van der Waals surface area contributed by atoms with E-state index < -0.39 is 0 Å². The number of imidazole rings is 1. The van der Waals surface area contributed by atoms with Crippen LogP contribution in [0.25, 0.3) is 22.5 Å². The molecule has 2 aliphatic rings. The van der Waals surface area contributed by atoms with Gasteiger partial charge in [-0.25, -0.2) is 4.98 Å². The number of aromatic amines is 1. The summed E-state index contributed by atoms with van der Waals surface area (Å²) in [7, 11) is 0. The van der Waals surface area contributed by atoms with Crippen molar-refractivity contribution in [2.75, 3.05) is 31.1 Å². The van der Waals surface area contributed by atoms with Crippen LogP contribution in [0.2, 0.25) is 5.02 Å². The van der Waals surface area contributed by atoms with Gasteiger partial charge in [-0.1, -0.05) is 28.9 Å². The monoisotopic (exact) mass is 525 g/mol. The summed E-state index contributed by atoms with van der Waals surface area (Å²) in [5.74, 6) is 2.74. The van der Waals surface area contributed by atoms with E-state index in [9.17, 15) is 0 Å². The maximum absolute atomic E-state index is 6.40. The number of halogens is 1. The zero-order valence-electron chi connectivity index (χ0n) is 21.0. The topological polar surface area (TPSA) is 87.0 Å². The first-order valence-electron chi connectivity index (χ1n) is 13.2. The lowest BCUT2D eigenvalue weighted by Crippen LogP contribution is -2.46. The molecule has 0 radical (unpaired) electrons. The Labute approximate surface area is 225 Å². The van der Waals surface area contributed by atoms with Crippen LogP contribution in [0, 0.1) is 0 Å². The van der Waals surface area contributed by atoms with Gasteiger partial charge in [-0.2, -0.15) is 4.98 Å². The minimum absolute atomic E-state index is 0.469. The third-order valence-electron chi connectivity index (χ3n) is 7.36. The lowest BCUT2D eigenvalue weighted by molar-refractivity contribution is 0.250. The molecule has 1 saturated heterocycles. The molecule has 2 aromatic carbocycles. The molecule has 1 saturated carbocycles. The van der Waals surface area contributed by atoms with E-state index in [0.717, 1.165) is 90.2 Å². The highest BCUT2D eigenvalue weighted by atomic mass is 35.5. The molecule has 38 heavy (non-hydrogen) atoms. The van der Waals surface area contributed by atoms with E-state index >= 15 is 0 Å². The van der Waals surface area contributed by atoms with Crippen LogP contribution in [0.1, 0.15) is 41.7 Å². The van der Waals surface area contributed by atoms with Crippen molar-refractivity contribution in [3.05, 3.63) is 88.7 Å². The second-order valence-electron chi connectivity index (χ2n) is 10.2. The van der Waals surface area contributed by atoms with E-state index in [1.807, 2.05) is 42.6 Å². The van der Waals surface area contributed by atoms with Crippen LogP contribution in [0.5, 0.6) is 0 Å². The normalized spacial score (nSPS) is 16.4. The number of hydrogen-bond donors (Lipinski definition) is 1. The first-order valence-corrected chi connectivity index (χ1v) is 13.5. The molecule has 4 heterocycles. The van der Waals surface area contributed by atoms with Gasteiger partial charge < -0.3 is 14.4 Å². The number of H-pyrrole nitrogens is 1. The molecule has 192 valence electrons. The number of pyridine rings is 1. The van der Waals surface area contributed by atoms with E-state index in [1.54, 1.807) is 0 Å². The van der Waals surface area contributed by atoms with Crippen LogP contribution in [0.3, 0.4) is 0 Å². The number of fused-ring (bicyclic) bond motifs is 1. The number of hydrogen-bond acceptors (Lipinski definition) is 7. The molecule has 0 atom stereocenters. The Hall–Kier alpha value is -3.75. The number of benzene rings is 2. The van der Waals surface area contributed by atoms with Gasteiger partial charge in [-0.05, 0) is 60.9 Å². The second kappa shape index (κ2) is 9.85. The molecule has 1 aliphatic carbocycles. The van der Waals surface area contributed by atoms with Crippen molar-refractivity contribution in [3.8, 4) is 11.5 Å². The van der Waals surface area contributed by atoms with Crippen molar-refractivity contribution in [2.45, 2.75) is 31.7 Å². The summed E-state index contributed by atoms with van der Waals surface area (Å²) in [6.45, 7) is 4.83. The van der Waals surface area contributed by atoms with Gasteiger partial charge in [0.05, 0.1) is 21.7 Å². The van der Waals surface area contributed by atoms with Crippen LogP contribution in [-0.4, -0.2) is 56.2 Å². The highest BCUT2D eigenvalue weighted by Gasteiger charge is 2.29. The SMILES string of the molecule is Clc1ccccc1N1CCN(Cc2ccnc(Cc3nc4ccc(-c5nc(C6CC6)no5)cc4[nH]3)c2)CC1. The predicted molar refractivity (Wildman–Crippen MR) is 147 cm³/mol. The van der Waals surface area contributed by atoms with Gasteiger partial charge in [0.2, 0.25) is 0 Å². The highest BCUT2D eigenvalue weighted by molar-refractivity contribution is 6.33. The van der Waals surface area contributed by atoms with Crippen LogP contribution in [-0.2, 0) is 13.0 Å². The molecule has 5 aromatic rings. The van der Waals surface area contributed by atoms with Gasteiger partial charge in [0, 0.05) is 62.5 Å². The Bertz CT molecular complexity index is 1580. The maximum atomic E-state index is 6.40. The van der Waals surface area contributed by atoms with Gasteiger partial charge in [0.1, 0.15) is 5.82 Å². The summed E-state index contributed by atoms with van der Waals surface area (Å²) in [5.41, 5.74) is 6.17. The van der Waals surface area contributed by atoms with E-state index in [1.165, 1.54) is 5.56 Å². The smallest absolute Gasteiger partial charge is 0.258 e. The van der Waals surface area contributed by atoms with Crippen LogP contribution < -0.4 is 4.90 Å². The number of anilines is 1. The van der Waals surface area contributed by atoms with Crippen molar-refractivity contribution in [3.63, 3.8) is 0 Å². The molecular weight excluding hydrogens is 498 g/mol. The Morgan fingerprint density at radius 2 is 1.84 bits per heavy atom. The second-order valence-corrected chi connectivity index (χ2v) is 10.6. The van der Waals surface area contributed by atoms with Crippen LogP contribution >= 0.6 is 11.6 Å². The lowest BCUT2D eigenvalue weighted by atomic mass is 10.1. The largest absolute Gasteiger partial charge is 0.368 e. The molecule has 2 fully saturated rings. The van der Waals surface area contributed by atoms with Crippen LogP contribution in [0.4, 0.5) is 5.69 Å². The van der Waals surface area contributed by atoms with E-state index in [-0.39, 0.29) is 0 Å². The fourth-order valence-corrected chi connectivity index (χ4v) is 5.40. The molecule has 9 heteroatoms. The van der Waals surface area contributed by atoms with Crippen molar-refractivity contribution in [1.82, 2.24) is 30.0 Å². The number of piperazine rings is 1. The van der Waals surface area contributed by atoms with E-state index in [2.05, 4.69) is 48.1 Å². The molecule has 0 unspecified atom stereocenters. The van der Waals surface area contributed by atoms with E-state index in [4.69, 9.17) is 21.1 Å². The summed E-state index contributed by atoms with van der Waals surface area (Å²) in [5, 5.41) is 4.95. The van der Waals surface area contributed by atoms with Crippen molar-refractivity contribution in [2.24, 2.45) is 0 Å². The first-order chi connectivity index (χ1) is 18.7. The fourth-order valence-electron chi connectivity index (χ4n) is 5.15. The zero-order chi connectivity index (χ0) is 25.5. The van der Waals surface area contributed by atoms with E-state index in [0.29, 0.717) is 18.2 Å². The lowest BCUT2D eigenvalue weighted by Gasteiger charge is -2.36. The summed E-state index contributed by atoms with van der Waals surface area (Å²) in [4.78, 5) is 22.3. The molecule has 0 bridgehead atoms. The number of rotatable bonds is 7. The number of nitrogens with one attached hydrogen (secondary N) is 1. The van der Waals surface area contributed by atoms with Gasteiger partial charge in [0.25, 0.3) is 5.89 Å². The summed E-state index contributed by atoms with van der Waals surface area (Å²) in [6, 6.07) is 18.4. The Balaban J connectivity index is 1.00. The minimum atomic E-state index is 0.469. The quantitative estimate of drug-likeness (QED) is 0.302. The molecular formula is C29H28ClN7O. The number of para-hydroxylation sites is 1. The van der Waals surface area contributed by atoms with Gasteiger partial charge >= 0.3 is 0 Å². The average Bonchev–Trinajstić information content (AvgIpc) is 3.52. The Morgan fingerprint density at radius 1 is 0.974 bits per heavy atom. The highest BCUT2D eigenvalue weighted by Crippen LogP contribution is 2.39. The fraction of sp³-hybridized carbons (Fsp3) is 0.310. The molecule has 1 N–H and O–H groups in total. The van der Waals surface area contributed by atoms with Gasteiger partial charge in [0.15, 0.2) is 5.82 Å². The summed E-state index contributed by atoms with van der Waals surface area (Å²) < 4.78 is 5.49. The first kappa shape index (κ1) is 23.4. The predicted octanol–water partition coefficient (Wildman–Crippen LogP) is 5.45. The van der Waals surface area contributed by atoms with Crippen LogP contribution in [0.15, 0.2) is 65.3 Å². The van der Waals surface area contributed by atoms with Gasteiger partial charge in [-0.15, -0.1) is 0 Å². The van der Waals surface area contributed by atoms with Crippen molar-refractivity contribution in [1.29, 1.82) is 0 Å². The third kappa shape index (κ3) is 4.89. The standard InChI is InChI=1S/C29H28ClN7O/c30-23-3-1-2-4-26(23)37-13-11-36(12-14-37)18-19-9-10-31-22(15-19)17-27-32-24-8-7-21(16-25(24)33-27)29-34-28(35-38-29)20-5-6-20/h1-4,7-10,15-16,20H,5-6,11-14,17-18H2,(H,32,33). The molecule has 8 nitrogen and oxygen atoms in total. The van der Waals surface area contributed by atoms with Gasteiger partial charge in [-0.3, -0.25) is 9.88 Å². The van der Waals surface area contributed by atoms with Crippen molar-refractivity contribution < 1.29 is 4.52 Å². The minimum Gasteiger partial charge on any atom is -0.368 e. The molecule has 0 amide bonds. The maximum Gasteiger partial charge on any atom is 0.258 e. The van der Waals surface area contributed by atoms with Crippen molar-refractivity contribution >= 4 is 28.3 Å². The summed E-state index contributed by atoms with van der Waals surface area (Å²) in [6.07, 6.45) is 4.84. The molecule has 7 rings (SSSR count).